The average molecular weight is 395 g/mol. The molecule has 5 heteroatoms. The van der Waals surface area contributed by atoms with Gasteiger partial charge in [0.1, 0.15) is 0 Å². The fourth-order valence-electron chi connectivity index (χ4n) is 4.77. The molecule has 5 nitrogen and oxygen atoms in total. The topological polar surface area (TPSA) is 51.2 Å². The van der Waals surface area contributed by atoms with Crippen LogP contribution in [0.1, 0.15) is 37.3 Å². The first-order valence-electron chi connectivity index (χ1n) is 10.1. The molecule has 2 aromatic carbocycles. The van der Waals surface area contributed by atoms with Gasteiger partial charge in [0, 0.05) is 12.1 Å². The molecule has 2 aliphatic heterocycles. The smallest absolute Gasteiger partial charge is 0.161 e. The Kier molecular flexibility index (Phi) is 5.17. The van der Waals surface area contributed by atoms with Crippen molar-refractivity contribution in [1.82, 2.24) is 4.90 Å². The number of ether oxygens (including phenoxy) is 3. The Bertz CT molecular complexity index is 952. The van der Waals surface area contributed by atoms with Crippen molar-refractivity contribution in [2.45, 2.75) is 31.7 Å². The number of hydrogen-bond acceptors (Lipinski definition) is 5. The van der Waals surface area contributed by atoms with Gasteiger partial charge < -0.3 is 19.3 Å². The van der Waals surface area contributed by atoms with Crippen molar-refractivity contribution in [3.63, 3.8) is 0 Å². The summed E-state index contributed by atoms with van der Waals surface area (Å²) < 4.78 is 16.2. The predicted octanol–water partition coefficient (Wildman–Crippen LogP) is 4.59. The van der Waals surface area contributed by atoms with Crippen LogP contribution in [0.4, 0.5) is 0 Å². The number of benzene rings is 2. The summed E-state index contributed by atoms with van der Waals surface area (Å²) in [6.07, 6.45) is 3.36. The zero-order chi connectivity index (χ0) is 20.6. The standard InChI is InChI=1S/C24H29NO4/c1-24-10-5-11-25(24)15-19(17-7-9-22(28-3)23(13-17)29-4)18(14-24)16-6-8-21(27-2)20(26)12-16/h6-9,12-13,26H,5,10-11,14-15H2,1-4H3/t24-/m0/s1. The lowest BCUT2D eigenvalue weighted by Crippen LogP contribution is -2.45. The van der Waals surface area contributed by atoms with Crippen molar-refractivity contribution in [1.29, 1.82) is 0 Å². The van der Waals surface area contributed by atoms with Gasteiger partial charge in [-0.2, -0.15) is 0 Å². The number of phenolic OH excluding ortho intramolecular Hbond substituents is 1. The maximum atomic E-state index is 10.4. The Labute approximate surface area is 172 Å². The minimum absolute atomic E-state index is 0.158. The predicted molar refractivity (Wildman–Crippen MR) is 115 cm³/mol. The lowest BCUT2D eigenvalue weighted by atomic mass is 9.79. The van der Waals surface area contributed by atoms with E-state index in [2.05, 4.69) is 24.0 Å². The zero-order valence-corrected chi connectivity index (χ0v) is 17.6. The number of fused-ring (bicyclic) bond motifs is 1. The highest BCUT2D eigenvalue weighted by Gasteiger charge is 2.41. The van der Waals surface area contributed by atoms with Crippen LogP contribution in [0.25, 0.3) is 11.1 Å². The molecule has 0 unspecified atom stereocenters. The van der Waals surface area contributed by atoms with Gasteiger partial charge in [0.25, 0.3) is 0 Å². The quantitative estimate of drug-likeness (QED) is 0.803. The van der Waals surface area contributed by atoms with Crippen LogP contribution in [0.15, 0.2) is 36.4 Å². The van der Waals surface area contributed by atoms with E-state index in [0.717, 1.165) is 42.1 Å². The summed E-state index contributed by atoms with van der Waals surface area (Å²) in [6.45, 7) is 4.36. The Balaban J connectivity index is 1.86. The molecule has 2 aromatic rings. The van der Waals surface area contributed by atoms with Crippen molar-refractivity contribution >= 4 is 11.1 Å². The first-order valence-corrected chi connectivity index (χ1v) is 10.1. The molecule has 29 heavy (non-hydrogen) atoms. The van der Waals surface area contributed by atoms with Gasteiger partial charge in [-0.3, -0.25) is 4.90 Å². The molecule has 0 aliphatic carbocycles. The average Bonchev–Trinajstić information content (AvgIpc) is 3.12. The minimum Gasteiger partial charge on any atom is -0.504 e. The van der Waals surface area contributed by atoms with E-state index >= 15 is 0 Å². The number of methoxy groups -OCH3 is 3. The van der Waals surface area contributed by atoms with E-state index in [9.17, 15) is 5.11 Å². The van der Waals surface area contributed by atoms with Crippen LogP contribution in [-0.2, 0) is 0 Å². The van der Waals surface area contributed by atoms with Crippen LogP contribution in [-0.4, -0.2) is 50.0 Å². The SMILES string of the molecule is COc1ccc(C2=C(c3ccc(OC)c(OC)c3)CN3CCC[C@@]3(C)C2)cc1O. The third kappa shape index (κ3) is 3.44. The van der Waals surface area contributed by atoms with Gasteiger partial charge in [0.05, 0.1) is 21.3 Å². The zero-order valence-electron chi connectivity index (χ0n) is 17.6. The molecule has 1 atom stereocenters. The maximum Gasteiger partial charge on any atom is 0.161 e. The largest absolute Gasteiger partial charge is 0.504 e. The van der Waals surface area contributed by atoms with E-state index in [1.54, 1.807) is 21.3 Å². The van der Waals surface area contributed by atoms with E-state index in [1.807, 2.05) is 24.3 Å². The number of phenols is 1. The molecule has 0 radical (unpaired) electrons. The molecule has 1 N–H and O–H groups in total. The molecular weight excluding hydrogens is 366 g/mol. The molecule has 0 bridgehead atoms. The molecule has 0 aromatic heterocycles. The third-order valence-corrected chi connectivity index (χ3v) is 6.44. The maximum absolute atomic E-state index is 10.4. The number of nitrogens with zero attached hydrogens (tertiary/aromatic N) is 1. The molecule has 4 rings (SSSR count). The molecule has 2 heterocycles. The van der Waals surface area contributed by atoms with Crippen LogP contribution in [0, 0.1) is 0 Å². The first-order chi connectivity index (χ1) is 14.0. The molecule has 0 amide bonds. The molecule has 154 valence electrons. The lowest BCUT2D eigenvalue weighted by Gasteiger charge is -2.42. The normalized spacial score (nSPS) is 21.8. The highest BCUT2D eigenvalue weighted by Crippen LogP contribution is 2.47. The van der Waals surface area contributed by atoms with Crippen molar-refractivity contribution in [3.05, 3.63) is 47.5 Å². The Morgan fingerprint density at radius 3 is 2.17 bits per heavy atom. The number of rotatable bonds is 5. The monoisotopic (exact) mass is 395 g/mol. The Morgan fingerprint density at radius 1 is 0.862 bits per heavy atom. The van der Waals surface area contributed by atoms with Crippen molar-refractivity contribution in [2.24, 2.45) is 0 Å². The first kappa shape index (κ1) is 19.6. The van der Waals surface area contributed by atoms with Gasteiger partial charge >= 0.3 is 0 Å². The fraction of sp³-hybridized carbons (Fsp3) is 0.417. The third-order valence-electron chi connectivity index (χ3n) is 6.44. The minimum atomic E-state index is 0.158. The van der Waals surface area contributed by atoms with Gasteiger partial charge in [-0.15, -0.1) is 0 Å². The van der Waals surface area contributed by atoms with Gasteiger partial charge in [-0.25, -0.2) is 0 Å². The molecule has 0 spiro atoms. The van der Waals surface area contributed by atoms with E-state index in [-0.39, 0.29) is 11.3 Å². The molecule has 2 aliphatic rings. The van der Waals surface area contributed by atoms with Crippen LogP contribution < -0.4 is 14.2 Å². The van der Waals surface area contributed by atoms with E-state index in [0.29, 0.717) is 5.75 Å². The lowest BCUT2D eigenvalue weighted by molar-refractivity contribution is 0.175. The summed E-state index contributed by atoms with van der Waals surface area (Å²) >= 11 is 0. The van der Waals surface area contributed by atoms with Crippen molar-refractivity contribution in [2.75, 3.05) is 34.4 Å². The Hall–Kier alpha value is -2.66. The molecular formula is C24H29NO4. The van der Waals surface area contributed by atoms with Crippen molar-refractivity contribution < 1.29 is 19.3 Å². The highest BCUT2D eigenvalue weighted by molar-refractivity contribution is 5.94. The second-order valence-corrected chi connectivity index (χ2v) is 8.11. The Morgan fingerprint density at radius 2 is 1.52 bits per heavy atom. The summed E-state index contributed by atoms with van der Waals surface area (Å²) in [4.78, 5) is 2.59. The van der Waals surface area contributed by atoms with E-state index in [4.69, 9.17) is 14.2 Å². The summed E-state index contributed by atoms with van der Waals surface area (Å²) in [5.41, 5.74) is 4.87. The second kappa shape index (κ2) is 7.64. The number of hydrogen-bond donors (Lipinski definition) is 1. The summed E-state index contributed by atoms with van der Waals surface area (Å²) in [6, 6.07) is 11.8. The van der Waals surface area contributed by atoms with Crippen LogP contribution >= 0.6 is 0 Å². The summed E-state index contributed by atoms with van der Waals surface area (Å²) in [5.74, 6) is 2.11. The van der Waals surface area contributed by atoms with Gasteiger partial charge in [-0.1, -0.05) is 12.1 Å². The number of aromatic hydroxyl groups is 1. The molecule has 0 saturated carbocycles. The summed E-state index contributed by atoms with van der Waals surface area (Å²) in [5, 5.41) is 10.4. The van der Waals surface area contributed by atoms with Gasteiger partial charge in [0.2, 0.25) is 0 Å². The summed E-state index contributed by atoms with van der Waals surface area (Å²) in [7, 11) is 4.89. The van der Waals surface area contributed by atoms with Crippen LogP contribution in [0.2, 0.25) is 0 Å². The highest BCUT2D eigenvalue weighted by atomic mass is 16.5. The van der Waals surface area contributed by atoms with Gasteiger partial charge in [-0.05, 0) is 79.3 Å². The molecule has 1 saturated heterocycles. The fourth-order valence-corrected chi connectivity index (χ4v) is 4.77. The van der Waals surface area contributed by atoms with E-state index in [1.165, 1.54) is 24.0 Å². The van der Waals surface area contributed by atoms with Crippen LogP contribution in [0.3, 0.4) is 0 Å². The second-order valence-electron chi connectivity index (χ2n) is 8.11. The van der Waals surface area contributed by atoms with Gasteiger partial charge in [0.15, 0.2) is 23.0 Å². The molecule has 1 fully saturated rings. The van der Waals surface area contributed by atoms with Crippen molar-refractivity contribution in [3.8, 4) is 23.0 Å². The van der Waals surface area contributed by atoms with E-state index < -0.39 is 0 Å². The van der Waals surface area contributed by atoms with Crippen LogP contribution in [0.5, 0.6) is 23.0 Å².